The van der Waals surface area contributed by atoms with E-state index in [0.29, 0.717) is 6.61 Å². The SMILES string of the molecule is CCCNC(C1=CCCO1)c1ccccc1OCC. The molecule has 0 radical (unpaired) electrons. The molecule has 1 atom stereocenters. The molecule has 104 valence electrons. The topological polar surface area (TPSA) is 30.5 Å². The summed E-state index contributed by atoms with van der Waals surface area (Å²) in [5.41, 5.74) is 1.16. The van der Waals surface area contributed by atoms with Crippen LogP contribution in [0.4, 0.5) is 0 Å². The predicted molar refractivity (Wildman–Crippen MR) is 77.3 cm³/mol. The van der Waals surface area contributed by atoms with Crippen LogP contribution in [0.2, 0.25) is 0 Å². The molecule has 0 bridgehead atoms. The highest BCUT2D eigenvalue weighted by Crippen LogP contribution is 2.32. The van der Waals surface area contributed by atoms with Gasteiger partial charge in [0.2, 0.25) is 0 Å². The van der Waals surface area contributed by atoms with Gasteiger partial charge in [-0.15, -0.1) is 0 Å². The highest BCUT2D eigenvalue weighted by molar-refractivity contribution is 5.39. The second-order valence-electron chi connectivity index (χ2n) is 4.60. The van der Waals surface area contributed by atoms with E-state index >= 15 is 0 Å². The molecule has 3 heteroatoms. The highest BCUT2D eigenvalue weighted by Gasteiger charge is 2.23. The van der Waals surface area contributed by atoms with E-state index in [1.165, 1.54) is 0 Å². The molecule has 1 aromatic rings. The number of hydrogen-bond donors (Lipinski definition) is 1. The summed E-state index contributed by atoms with van der Waals surface area (Å²) in [7, 11) is 0. The van der Waals surface area contributed by atoms with Crippen molar-refractivity contribution in [2.24, 2.45) is 0 Å². The summed E-state index contributed by atoms with van der Waals surface area (Å²) in [5, 5.41) is 3.55. The summed E-state index contributed by atoms with van der Waals surface area (Å²) in [6, 6.07) is 8.30. The van der Waals surface area contributed by atoms with Gasteiger partial charge in [0, 0.05) is 12.0 Å². The van der Waals surface area contributed by atoms with E-state index in [0.717, 1.165) is 43.1 Å². The molecule has 0 spiro atoms. The first-order valence-corrected chi connectivity index (χ1v) is 7.14. The van der Waals surface area contributed by atoms with Gasteiger partial charge in [-0.05, 0) is 32.0 Å². The van der Waals surface area contributed by atoms with Crippen molar-refractivity contribution < 1.29 is 9.47 Å². The number of ether oxygens (including phenoxy) is 2. The van der Waals surface area contributed by atoms with Gasteiger partial charge in [0.15, 0.2) is 0 Å². The first-order valence-electron chi connectivity index (χ1n) is 7.14. The van der Waals surface area contributed by atoms with Crippen molar-refractivity contribution in [1.82, 2.24) is 5.32 Å². The number of nitrogens with one attached hydrogen (secondary N) is 1. The average Bonchev–Trinajstić information content (AvgIpc) is 2.95. The molecule has 2 rings (SSSR count). The standard InChI is InChI=1S/C16H23NO2/c1-3-11-17-16(15-10-7-12-19-15)13-8-5-6-9-14(13)18-4-2/h5-6,8-10,16-17H,3-4,7,11-12H2,1-2H3. The zero-order valence-corrected chi connectivity index (χ0v) is 11.8. The summed E-state index contributed by atoms with van der Waals surface area (Å²) in [6.45, 7) is 6.61. The lowest BCUT2D eigenvalue weighted by atomic mass is 10.0. The van der Waals surface area contributed by atoms with E-state index in [1.807, 2.05) is 25.1 Å². The third-order valence-electron chi connectivity index (χ3n) is 3.14. The molecule has 0 amide bonds. The normalized spacial score (nSPS) is 15.8. The molecular formula is C16H23NO2. The summed E-state index contributed by atoms with van der Waals surface area (Å²) in [4.78, 5) is 0. The van der Waals surface area contributed by atoms with Crippen molar-refractivity contribution in [2.45, 2.75) is 32.7 Å². The van der Waals surface area contributed by atoms with Crippen molar-refractivity contribution in [3.05, 3.63) is 41.7 Å². The van der Waals surface area contributed by atoms with Gasteiger partial charge in [-0.2, -0.15) is 0 Å². The summed E-state index contributed by atoms with van der Waals surface area (Å²) >= 11 is 0. The van der Waals surface area contributed by atoms with Crippen LogP contribution in [-0.2, 0) is 4.74 Å². The molecule has 0 aliphatic carbocycles. The molecule has 19 heavy (non-hydrogen) atoms. The van der Waals surface area contributed by atoms with Crippen molar-refractivity contribution >= 4 is 0 Å². The molecule has 0 aromatic heterocycles. The smallest absolute Gasteiger partial charge is 0.124 e. The fraction of sp³-hybridized carbons (Fsp3) is 0.500. The van der Waals surface area contributed by atoms with Crippen molar-refractivity contribution in [3.63, 3.8) is 0 Å². The van der Waals surface area contributed by atoms with E-state index in [4.69, 9.17) is 9.47 Å². The Bertz CT molecular complexity index is 429. The highest BCUT2D eigenvalue weighted by atomic mass is 16.5. The molecule has 1 aromatic carbocycles. The Morgan fingerprint density at radius 1 is 1.32 bits per heavy atom. The second kappa shape index (κ2) is 7.19. The van der Waals surface area contributed by atoms with Crippen LogP contribution in [0.5, 0.6) is 5.75 Å². The lowest BCUT2D eigenvalue weighted by Crippen LogP contribution is -2.24. The lowest BCUT2D eigenvalue weighted by molar-refractivity contribution is 0.213. The van der Waals surface area contributed by atoms with Gasteiger partial charge in [-0.25, -0.2) is 0 Å². The molecule has 1 heterocycles. The number of para-hydroxylation sites is 1. The Morgan fingerprint density at radius 2 is 2.16 bits per heavy atom. The molecule has 0 saturated carbocycles. The largest absolute Gasteiger partial charge is 0.496 e. The molecule has 1 aliphatic heterocycles. The van der Waals surface area contributed by atoms with Crippen LogP contribution in [0.25, 0.3) is 0 Å². The van der Waals surface area contributed by atoms with Gasteiger partial charge < -0.3 is 14.8 Å². The van der Waals surface area contributed by atoms with Gasteiger partial charge >= 0.3 is 0 Å². The summed E-state index contributed by atoms with van der Waals surface area (Å²) in [6.07, 6.45) is 4.27. The van der Waals surface area contributed by atoms with Crippen LogP contribution >= 0.6 is 0 Å². The Hall–Kier alpha value is -1.48. The van der Waals surface area contributed by atoms with Gasteiger partial charge in [-0.1, -0.05) is 25.1 Å². The fourth-order valence-electron chi connectivity index (χ4n) is 2.30. The maximum Gasteiger partial charge on any atom is 0.124 e. The van der Waals surface area contributed by atoms with E-state index in [2.05, 4.69) is 24.4 Å². The minimum atomic E-state index is 0.102. The van der Waals surface area contributed by atoms with Gasteiger partial charge in [0.25, 0.3) is 0 Å². The van der Waals surface area contributed by atoms with E-state index in [1.54, 1.807) is 0 Å². The maximum atomic E-state index is 5.74. The van der Waals surface area contributed by atoms with Crippen molar-refractivity contribution in [3.8, 4) is 5.75 Å². The van der Waals surface area contributed by atoms with Gasteiger partial charge in [-0.3, -0.25) is 0 Å². The third-order valence-corrected chi connectivity index (χ3v) is 3.14. The van der Waals surface area contributed by atoms with Crippen LogP contribution in [-0.4, -0.2) is 19.8 Å². The van der Waals surface area contributed by atoms with E-state index in [9.17, 15) is 0 Å². The first-order chi connectivity index (χ1) is 9.36. The molecule has 1 aliphatic rings. The quantitative estimate of drug-likeness (QED) is 0.815. The minimum Gasteiger partial charge on any atom is -0.496 e. The van der Waals surface area contributed by atoms with Gasteiger partial charge in [0.1, 0.15) is 11.5 Å². The maximum absolute atomic E-state index is 5.74. The summed E-state index contributed by atoms with van der Waals surface area (Å²) in [5.74, 6) is 1.97. The Balaban J connectivity index is 2.26. The lowest BCUT2D eigenvalue weighted by Gasteiger charge is -2.22. The van der Waals surface area contributed by atoms with Crippen LogP contribution in [0.15, 0.2) is 36.1 Å². The predicted octanol–water partition coefficient (Wildman–Crippen LogP) is 3.43. The molecule has 1 unspecified atom stereocenters. The monoisotopic (exact) mass is 261 g/mol. The van der Waals surface area contributed by atoms with Crippen molar-refractivity contribution in [1.29, 1.82) is 0 Å². The van der Waals surface area contributed by atoms with E-state index in [-0.39, 0.29) is 6.04 Å². The number of hydrogen-bond acceptors (Lipinski definition) is 3. The zero-order valence-electron chi connectivity index (χ0n) is 11.8. The van der Waals surface area contributed by atoms with Crippen LogP contribution in [0.1, 0.15) is 38.3 Å². The molecular weight excluding hydrogens is 238 g/mol. The second-order valence-corrected chi connectivity index (χ2v) is 4.60. The Kier molecular flexibility index (Phi) is 5.28. The third kappa shape index (κ3) is 3.51. The Labute approximate surface area is 115 Å². The number of benzene rings is 1. The van der Waals surface area contributed by atoms with Gasteiger partial charge in [0.05, 0.1) is 19.3 Å². The summed E-state index contributed by atoms with van der Waals surface area (Å²) < 4.78 is 11.5. The van der Waals surface area contributed by atoms with Crippen LogP contribution in [0.3, 0.4) is 0 Å². The minimum absolute atomic E-state index is 0.102. The first kappa shape index (κ1) is 13.9. The number of rotatable bonds is 7. The fourth-order valence-corrected chi connectivity index (χ4v) is 2.30. The average molecular weight is 261 g/mol. The Morgan fingerprint density at radius 3 is 2.84 bits per heavy atom. The van der Waals surface area contributed by atoms with Crippen LogP contribution < -0.4 is 10.1 Å². The van der Waals surface area contributed by atoms with Crippen LogP contribution in [0, 0.1) is 0 Å². The molecule has 0 fully saturated rings. The zero-order chi connectivity index (χ0) is 13.5. The molecule has 1 N–H and O–H groups in total. The molecule has 3 nitrogen and oxygen atoms in total. The molecule has 0 saturated heterocycles. The van der Waals surface area contributed by atoms with E-state index < -0.39 is 0 Å². The van der Waals surface area contributed by atoms with Crippen molar-refractivity contribution in [2.75, 3.05) is 19.8 Å².